The Balaban J connectivity index is 2.52. The summed E-state index contributed by atoms with van der Waals surface area (Å²) in [7, 11) is -6.96. The molecule has 72 valence electrons. The Labute approximate surface area is 71.4 Å². The summed E-state index contributed by atoms with van der Waals surface area (Å²) in [4.78, 5) is 3.51. The van der Waals surface area contributed by atoms with Gasteiger partial charge in [0.15, 0.2) is 0 Å². The first-order valence-corrected chi connectivity index (χ1v) is 6.72. The highest BCUT2D eigenvalue weighted by Gasteiger charge is 2.35. The SMILES string of the molecule is CS(=O)(=O)NNS(=O)(=O)C1CC1. The highest BCUT2D eigenvalue weighted by molar-refractivity contribution is 7.92. The quantitative estimate of drug-likeness (QED) is 0.559. The molecule has 1 rings (SSSR count). The first-order chi connectivity index (χ1) is 5.31. The molecule has 0 heterocycles. The molecule has 6 nitrogen and oxygen atoms in total. The van der Waals surface area contributed by atoms with E-state index in [9.17, 15) is 16.8 Å². The number of rotatable bonds is 4. The van der Waals surface area contributed by atoms with Crippen molar-refractivity contribution in [2.24, 2.45) is 0 Å². The summed E-state index contributed by atoms with van der Waals surface area (Å²) in [5.41, 5.74) is 0. The first kappa shape index (κ1) is 9.90. The van der Waals surface area contributed by atoms with Crippen LogP contribution >= 0.6 is 0 Å². The van der Waals surface area contributed by atoms with Crippen LogP contribution in [-0.4, -0.2) is 28.3 Å². The smallest absolute Gasteiger partial charge is 0.211 e. The van der Waals surface area contributed by atoms with Gasteiger partial charge in [-0.1, -0.05) is 0 Å². The molecule has 0 aliphatic heterocycles. The zero-order valence-corrected chi connectivity index (χ0v) is 8.07. The fourth-order valence-electron chi connectivity index (χ4n) is 0.595. The molecule has 0 aromatic rings. The highest BCUT2D eigenvalue weighted by atomic mass is 32.2. The van der Waals surface area contributed by atoms with Gasteiger partial charge in [0, 0.05) is 0 Å². The maximum absolute atomic E-state index is 11.0. The average Bonchev–Trinajstić information content (AvgIpc) is 2.62. The van der Waals surface area contributed by atoms with Crippen LogP contribution in [0.3, 0.4) is 0 Å². The average molecular weight is 214 g/mol. The van der Waals surface area contributed by atoms with Gasteiger partial charge in [-0.05, 0) is 12.8 Å². The molecule has 1 aliphatic rings. The fraction of sp³-hybridized carbons (Fsp3) is 1.00. The first-order valence-electron chi connectivity index (χ1n) is 3.29. The summed E-state index contributed by atoms with van der Waals surface area (Å²) in [6, 6.07) is 0. The van der Waals surface area contributed by atoms with Gasteiger partial charge in [-0.25, -0.2) is 16.8 Å². The van der Waals surface area contributed by atoms with Crippen molar-refractivity contribution in [2.75, 3.05) is 6.26 Å². The zero-order chi connectivity index (χ0) is 9.41. The molecule has 2 N–H and O–H groups in total. The maximum Gasteiger partial charge on any atom is 0.228 e. The van der Waals surface area contributed by atoms with Crippen LogP contribution in [0.1, 0.15) is 12.8 Å². The number of nitrogens with one attached hydrogen (secondary N) is 2. The molecule has 0 aromatic heterocycles. The number of hydrogen-bond acceptors (Lipinski definition) is 4. The van der Waals surface area contributed by atoms with Gasteiger partial charge in [0.2, 0.25) is 20.0 Å². The second-order valence-corrected chi connectivity index (χ2v) is 6.43. The fourth-order valence-corrected chi connectivity index (χ4v) is 2.59. The van der Waals surface area contributed by atoms with E-state index in [0.29, 0.717) is 12.8 Å². The molecular weight excluding hydrogens is 204 g/mol. The summed E-state index contributed by atoms with van der Waals surface area (Å²) in [6.45, 7) is 0. The largest absolute Gasteiger partial charge is 0.228 e. The van der Waals surface area contributed by atoms with Gasteiger partial charge in [0.05, 0.1) is 11.5 Å². The Morgan fingerprint density at radius 3 is 1.92 bits per heavy atom. The van der Waals surface area contributed by atoms with Gasteiger partial charge >= 0.3 is 0 Å². The highest BCUT2D eigenvalue weighted by Crippen LogP contribution is 2.26. The third-order valence-corrected chi connectivity index (χ3v) is 3.67. The molecule has 0 unspecified atom stereocenters. The summed E-state index contributed by atoms with van der Waals surface area (Å²) >= 11 is 0. The molecular formula is C4H10N2O4S2. The normalized spacial score (nSPS) is 19.4. The minimum atomic E-state index is -3.50. The Morgan fingerprint density at radius 1 is 1.08 bits per heavy atom. The standard InChI is InChI=1S/C4H10N2O4S2/c1-11(7,8)5-6-12(9,10)4-2-3-4/h4-6H,2-3H2,1H3. The van der Waals surface area contributed by atoms with E-state index in [1.807, 2.05) is 0 Å². The van der Waals surface area contributed by atoms with Gasteiger partial charge < -0.3 is 0 Å². The van der Waals surface area contributed by atoms with E-state index in [2.05, 4.69) is 0 Å². The van der Waals surface area contributed by atoms with Crippen molar-refractivity contribution >= 4 is 20.0 Å². The minimum absolute atomic E-state index is 0.424. The second-order valence-electron chi connectivity index (χ2n) is 2.72. The van der Waals surface area contributed by atoms with E-state index >= 15 is 0 Å². The molecule has 0 amide bonds. The molecule has 12 heavy (non-hydrogen) atoms. The van der Waals surface area contributed by atoms with Gasteiger partial charge in [-0.2, -0.15) is 0 Å². The molecule has 0 atom stereocenters. The van der Waals surface area contributed by atoms with Crippen molar-refractivity contribution in [3.63, 3.8) is 0 Å². The molecule has 0 aromatic carbocycles. The van der Waals surface area contributed by atoms with Crippen molar-refractivity contribution in [3.8, 4) is 0 Å². The topological polar surface area (TPSA) is 92.3 Å². The van der Waals surface area contributed by atoms with Crippen LogP contribution in [-0.2, 0) is 20.0 Å². The lowest BCUT2D eigenvalue weighted by Gasteiger charge is -2.03. The lowest BCUT2D eigenvalue weighted by molar-refractivity contribution is 0.560. The van der Waals surface area contributed by atoms with Crippen molar-refractivity contribution < 1.29 is 16.8 Å². The van der Waals surface area contributed by atoms with E-state index in [-0.39, 0.29) is 0 Å². The number of hydrogen-bond donors (Lipinski definition) is 2. The minimum Gasteiger partial charge on any atom is -0.211 e. The van der Waals surface area contributed by atoms with Gasteiger partial charge in [-0.3, -0.25) is 0 Å². The Bertz CT molecular complexity index is 353. The van der Waals surface area contributed by atoms with Crippen LogP contribution in [0, 0.1) is 0 Å². The molecule has 0 spiro atoms. The zero-order valence-electron chi connectivity index (χ0n) is 6.44. The summed E-state index contributed by atoms with van der Waals surface area (Å²) in [5.74, 6) is 0. The third kappa shape index (κ3) is 3.05. The predicted octanol–water partition coefficient (Wildman–Crippen LogP) is -1.47. The van der Waals surface area contributed by atoms with Crippen molar-refractivity contribution in [1.82, 2.24) is 9.66 Å². The third-order valence-electron chi connectivity index (χ3n) is 1.33. The molecule has 1 aliphatic carbocycles. The van der Waals surface area contributed by atoms with Gasteiger partial charge in [0.25, 0.3) is 0 Å². The van der Waals surface area contributed by atoms with Gasteiger partial charge in [-0.15, -0.1) is 9.66 Å². The van der Waals surface area contributed by atoms with Crippen molar-refractivity contribution in [1.29, 1.82) is 0 Å². The van der Waals surface area contributed by atoms with E-state index < -0.39 is 25.3 Å². The summed E-state index contributed by atoms with van der Waals surface area (Å²) in [5, 5.41) is -0.424. The summed E-state index contributed by atoms with van der Waals surface area (Å²) < 4.78 is 43.0. The van der Waals surface area contributed by atoms with Crippen LogP contribution < -0.4 is 9.66 Å². The van der Waals surface area contributed by atoms with Crippen molar-refractivity contribution in [3.05, 3.63) is 0 Å². The molecule has 0 saturated heterocycles. The van der Waals surface area contributed by atoms with E-state index in [4.69, 9.17) is 0 Å². The van der Waals surface area contributed by atoms with Crippen LogP contribution in [0.2, 0.25) is 0 Å². The lowest BCUT2D eigenvalue weighted by Crippen LogP contribution is -2.42. The summed E-state index contributed by atoms with van der Waals surface area (Å²) in [6.07, 6.45) is 2.07. The molecule has 0 radical (unpaired) electrons. The van der Waals surface area contributed by atoms with Gasteiger partial charge in [0.1, 0.15) is 0 Å². The maximum atomic E-state index is 11.0. The van der Waals surface area contributed by atoms with E-state index in [0.717, 1.165) is 6.26 Å². The van der Waals surface area contributed by atoms with Crippen LogP contribution in [0.15, 0.2) is 0 Å². The van der Waals surface area contributed by atoms with E-state index in [1.165, 1.54) is 0 Å². The Kier molecular flexibility index (Phi) is 2.43. The number of hydrazine groups is 1. The van der Waals surface area contributed by atoms with Crippen LogP contribution in [0.25, 0.3) is 0 Å². The molecule has 0 bridgehead atoms. The Morgan fingerprint density at radius 2 is 1.58 bits per heavy atom. The molecule has 1 saturated carbocycles. The molecule has 1 fully saturated rings. The van der Waals surface area contributed by atoms with Crippen LogP contribution in [0.4, 0.5) is 0 Å². The lowest BCUT2D eigenvalue weighted by atomic mass is 11.0. The van der Waals surface area contributed by atoms with Crippen molar-refractivity contribution in [2.45, 2.75) is 18.1 Å². The molecule has 8 heteroatoms. The second kappa shape index (κ2) is 2.95. The van der Waals surface area contributed by atoms with Crippen LogP contribution in [0.5, 0.6) is 0 Å². The monoisotopic (exact) mass is 214 g/mol. The van der Waals surface area contributed by atoms with E-state index in [1.54, 1.807) is 9.66 Å². The Hall–Kier alpha value is -0.180. The number of sulfonamides is 2. The predicted molar refractivity (Wildman–Crippen MR) is 43.1 cm³/mol.